The Morgan fingerprint density at radius 2 is 1.83 bits per heavy atom. The SMILES string of the molecule is COc1cc(/C=C2\SC(=Nc3ccc(N4CCOCC4)cc3)N(C)C2=O)c(Br)cc1OCC(=O)Nc1ccc(F)cc1. The Morgan fingerprint density at radius 3 is 2.52 bits per heavy atom. The van der Waals surface area contributed by atoms with Gasteiger partial charge in [-0.1, -0.05) is 15.9 Å². The summed E-state index contributed by atoms with van der Waals surface area (Å²) in [6.07, 6.45) is 1.76. The van der Waals surface area contributed by atoms with Gasteiger partial charge in [0.2, 0.25) is 0 Å². The van der Waals surface area contributed by atoms with Crippen molar-refractivity contribution in [3.05, 3.63) is 81.4 Å². The third-order valence-electron chi connectivity index (χ3n) is 6.51. The lowest BCUT2D eigenvalue weighted by Gasteiger charge is -2.28. The van der Waals surface area contributed by atoms with E-state index in [-0.39, 0.29) is 12.5 Å². The molecular weight excluding hydrogens is 627 g/mol. The normalized spacial score (nSPS) is 17.2. The molecule has 2 heterocycles. The van der Waals surface area contributed by atoms with Gasteiger partial charge in [0, 0.05) is 36.0 Å². The number of methoxy groups -OCH3 is 1. The molecule has 3 aromatic carbocycles. The number of carbonyl (C=O) groups excluding carboxylic acids is 2. The highest BCUT2D eigenvalue weighted by Crippen LogP contribution is 2.38. The number of anilines is 2. The fourth-order valence-corrected chi connectivity index (χ4v) is 5.68. The van der Waals surface area contributed by atoms with Gasteiger partial charge in [0.15, 0.2) is 23.3 Å². The van der Waals surface area contributed by atoms with E-state index in [0.29, 0.717) is 37.3 Å². The number of hydrogen-bond acceptors (Lipinski definition) is 8. The Bertz CT molecular complexity index is 1530. The molecule has 5 rings (SSSR count). The molecule has 42 heavy (non-hydrogen) atoms. The Kier molecular flexibility index (Phi) is 9.45. The van der Waals surface area contributed by atoms with Crippen LogP contribution < -0.4 is 19.7 Å². The standard InChI is InChI=1S/C30H28BrFN4O5S/c1-35-29(38)27(42-30(35)34-22-7-9-23(10-8-22)36-11-13-40-14-12-36)16-19-15-25(39-2)26(17-24(19)31)41-18-28(37)33-21-5-3-20(32)4-6-21/h3-10,15-17H,11-14,18H2,1-2H3,(H,33,37)/b27-16-,34-30?. The van der Waals surface area contributed by atoms with E-state index >= 15 is 0 Å². The van der Waals surface area contributed by atoms with Crippen LogP contribution in [0.1, 0.15) is 5.56 Å². The van der Waals surface area contributed by atoms with Crippen LogP contribution in [0.4, 0.5) is 21.5 Å². The van der Waals surface area contributed by atoms with Crippen molar-refractivity contribution in [3.8, 4) is 11.5 Å². The third kappa shape index (κ3) is 7.12. The van der Waals surface area contributed by atoms with E-state index in [1.807, 2.05) is 24.3 Å². The van der Waals surface area contributed by atoms with Crippen LogP contribution in [0.2, 0.25) is 0 Å². The van der Waals surface area contributed by atoms with Crippen molar-refractivity contribution in [2.24, 2.45) is 4.99 Å². The zero-order valence-electron chi connectivity index (χ0n) is 22.9. The molecule has 3 aromatic rings. The minimum atomic E-state index is -0.412. The first kappa shape index (κ1) is 29.6. The molecule has 2 aliphatic heterocycles. The summed E-state index contributed by atoms with van der Waals surface area (Å²) in [5.74, 6) is -0.253. The molecule has 0 aliphatic carbocycles. The van der Waals surface area contributed by atoms with Gasteiger partial charge in [-0.3, -0.25) is 14.5 Å². The average molecular weight is 656 g/mol. The molecule has 2 amide bonds. The highest BCUT2D eigenvalue weighted by molar-refractivity contribution is 9.10. The Morgan fingerprint density at radius 1 is 1.12 bits per heavy atom. The number of carbonyl (C=O) groups is 2. The van der Waals surface area contributed by atoms with Crippen LogP contribution in [0.25, 0.3) is 6.08 Å². The third-order valence-corrected chi connectivity index (χ3v) is 8.26. The number of morpholine rings is 1. The molecule has 0 aromatic heterocycles. The second-order valence-corrected chi connectivity index (χ2v) is 11.2. The number of likely N-dealkylation sites (N-methyl/N-ethyl adjacent to an activating group) is 1. The van der Waals surface area contributed by atoms with E-state index in [9.17, 15) is 14.0 Å². The number of rotatable bonds is 8. The van der Waals surface area contributed by atoms with Gasteiger partial charge in [0.05, 0.1) is 30.9 Å². The number of amides is 2. The molecular formula is C30H28BrFN4O5S. The van der Waals surface area contributed by atoms with E-state index in [4.69, 9.17) is 19.2 Å². The molecule has 218 valence electrons. The van der Waals surface area contributed by atoms with E-state index in [0.717, 1.165) is 37.7 Å². The molecule has 1 N–H and O–H groups in total. The van der Waals surface area contributed by atoms with Crippen molar-refractivity contribution >= 4 is 67.8 Å². The van der Waals surface area contributed by atoms with Gasteiger partial charge >= 0.3 is 0 Å². The van der Waals surface area contributed by atoms with Crippen molar-refractivity contribution in [1.82, 2.24) is 4.90 Å². The maximum atomic E-state index is 13.1. The zero-order chi connectivity index (χ0) is 29.6. The van der Waals surface area contributed by atoms with Crippen LogP contribution in [0.3, 0.4) is 0 Å². The van der Waals surface area contributed by atoms with Crippen LogP contribution in [0, 0.1) is 5.82 Å². The van der Waals surface area contributed by atoms with Gasteiger partial charge in [-0.05, 0) is 84.1 Å². The largest absolute Gasteiger partial charge is 0.493 e. The zero-order valence-corrected chi connectivity index (χ0v) is 25.3. The Hall–Kier alpha value is -3.87. The fraction of sp³-hybridized carbons (Fsp3) is 0.233. The highest BCUT2D eigenvalue weighted by atomic mass is 79.9. The van der Waals surface area contributed by atoms with Crippen LogP contribution in [0.15, 0.2) is 75.0 Å². The monoisotopic (exact) mass is 654 g/mol. The first-order valence-corrected chi connectivity index (χ1v) is 14.7. The van der Waals surface area contributed by atoms with Crippen molar-refractivity contribution in [2.75, 3.05) is 57.3 Å². The van der Waals surface area contributed by atoms with Gasteiger partial charge in [-0.2, -0.15) is 0 Å². The lowest BCUT2D eigenvalue weighted by molar-refractivity contribution is -0.121. The minimum Gasteiger partial charge on any atom is -0.493 e. The summed E-state index contributed by atoms with van der Waals surface area (Å²) in [7, 11) is 3.19. The molecule has 0 atom stereocenters. The van der Waals surface area contributed by atoms with Crippen molar-refractivity contribution < 1.29 is 28.2 Å². The van der Waals surface area contributed by atoms with Crippen molar-refractivity contribution in [3.63, 3.8) is 0 Å². The van der Waals surface area contributed by atoms with Crippen molar-refractivity contribution in [1.29, 1.82) is 0 Å². The number of ether oxygens (including phenoxy) is 3. The predicted octanol–water partition coefficient (Wildman–Crippen LogP) is 5.68. The summed E-state index contributed by atoms with van der Waals surface area (Å²) in [6, 6.07) is 16.8. The quantitative estimate of drug-likeness (QED) is 0.312. The van der Waals surface area contributed by atoms with E-state index in [2.05, 4.69) is 26.1 Å². The van der Waals surface area contributed by atoms with Gasteiger partial charge in [-0.25, -0.2) is 9.38 Å². The summed E-state index contributed by atoms with van der Waals surface area (Å²) >= 11 is 4.82. The minimum absolute atomic E-state index is 0.174. The van der Waals surface area contributed by atoms with Gasteiger partial charge < -0.3 is 24.4 Å². The van der Waals surface area contributed by atoms with Gasteiger partial charge in [0.25, 0.3) is 11.8 Å². The molecule has 2 aliphatic rings. The first-order valence-electron chi connectivity index (χ1n) is 13.1. The predicted molar refractivity (Wildman–Crippen MR) is 166 cm³/mol. The van der Waals surface area contributed by atoms with E-state index < -0.39 is 11.7 Å². The van der Waals surface area contributed by atoms with Crippen LogP contribution in [0.5, 0.6) is 11.5 Å². The van der Waals surface area contributed by atoms with Gasteiger partial charge in [-0.15, -0.1) is 0 Å². The maximum Gasteiger partial charge on any atom is 0.266 e. The topological polar surface area (TPSA) is 92.7 Å². The summed E-state index contributed by atoms with van der Waals surface area (Å²) in [6.45, 7) is 2.87. The average Bonchev–Trinajstić information content (AvgIpc) is 3.26. The molecule has 0 bridgehead atoms. The molecule has 0 spiro atoms. The molecule has 0 radical (unpaired) electrons. The number of hydrogen-bond donors (Lipinski definition) is 1. The van der Waals surface area contributed by atoms with Crippen LogP contribution >= 0.6 is 27.7 Å². The lowest BCUT2D eigenvalue weighted by Crippen LogP contribution is -2.36. The van der Waals surface area contributed by atoms with E-state index in [1.54, 1.807) is 25.3 Å². The Balaban J connectivity index is 1.27. The highest BCUT2D eigenvalue weighted by Gasteiger charge is 2.30. The summed E-state index contributed by atoms with van der Waals surface area (Å²) in [5, 5.41) is 3.21. The Labute approximate surface area is 255 Å². The fourth-order valence-electron chi connectivity index (χ4n) is 4.27. The smallest absolute Gasteiger partial charge is 0.266 e. The number of aliphatic imine (C=N–C) groups is 1. The number of benzene rings is 3. The number of thioether (sulfide) groups is 1. The molecule has 0 unspecified atom stereocenters. The van der Waals surface area contributed by atoms with Crippen molar-refractivity contribution in [2.45, 2.75) is 0 Å². The van der Waals surface area contributed by atoms with Crippen LogP contribution in [-0.4, -0.2) is 68.9 Å². The first-order chi connectivity index (χ1) is 20.3. The van der Waals surface area contributed by atoms with E-state index in [1.165, 1.54) is 48.0 Å². The van der Waals surface area contributed by atoms with Gasteiger partial charge in [0.1, 0.15) is 5.82 Å². The molecule has 2 saturated heterocycles. The number of nitrogens with zero attached hydrogens (tertiary/aromatic N) is 3. The number of halogens is 2. The van der Waals surface area contributed by atoms with Crippen LogP contribution in [-0.2, 0) is 14.3 Å². The molecule has 2 fully saturated rings. The lowest BCUT2D eigenvalue weighted by atomic mass is 10.2. The summed E-state index contributed by atoms with van der Waals surface area (Å²) in [4.78, 5) is 34.4. The molecule has 0 saturated carbocycles. The summed E-state index contributed by atoms with van der Waals surface area (Å²) < 4.78 is 30.3. The molecule has 12 heteroatoms. The second-order valence-electron chi connectivity index (χ2n) is 9.35. The summed E-state index contributed by atoms with van der Waals surface area (Å²) in [5.41, 5.74) is 3.02. The molecule has 9 nitrogen and oxygen atoms in total. The number of amidine groups is 1. The number of nitrogens with one attached hydrogen (secondary N) is 1. The second kappa shape index (κ2) is 13.4. The maximum absolute atomic E-state index is 13.1.